The van der Waals surface area contributed by atoms with Gasteiger partial charge in [-0.2, -0.15) is 0 Å². The molecule has 1 atom stereocenters. The summed E-state index contributed by atoms with van der Waals surface area (Å²) in [6, 6.07) is 0. The highest BCUT2D eigenvalue weighted by Gasteiger charge is 2.02. The van der Waals surface area contributed by atoms with Crippen LogP contribution in [0.4, 0.5) is 0 Å². The maximum Gasteiger partial charge on any atom is 0.0571 e. The molecule has 0 heterocycles. The number of rotatable bonds is 18. The van der Waals surface area contributed by atoms with Crippen molar-refractivity contribution in [3.63, 3.8) is 0 Å². The summed E-state index contributed by atoms with van der Waals surface area (Å²) in [5.41, 5.74) is 0. The van der Waals surface area contributed by atoms with Gasteiger partial charge in [0, 0.05) is 7.11 Å². The third kappa shape index (κ3) is 16.3. The van der Waals surface area contributed by atoms with Crippen molar-refractivity contribution in [2.45, 2.75) is 122 Å². The molecular formula is C21H43O. The smallest absolute Gasteiger partial charge is 0.0571 e. The first kappa shape index (κ1) is 22.0. The van der Waals surface area contributed by atoms with Gasteiger partial charge in [-0.25, -0.2) is 0 Å². The fourth-order valence-corrected chi connectivity index (χ4v) is 3.12. The molecule has 0 aromatic rings. The SMILES string of the molecule is [CH2]CC(CCCCCCCCCCCCCCCCC)OC. The van der Waals surface area contributed by atoms with Crippen molar-refractivity contribution in [1.82, 2.24) is 0 Å². The molecule has 1 unspecified atom stereocenters. The first-order valence-electron chi connectivity index (χ1n) is 10.2. The minimum atomic E-state index is 0.391. The number of methoxy groups -OCH3 is 1. The number of unbranched alkanes of at least 4 members (excludes halogenated alkanes) is 14. The molecular weight excluding hydrogens is 268 g/mol. The van der Waals surface area contributed by atoms with Gasteiger partial charge in [0.05, 0.1) is 6.10 Å². The zero-order chi connectivity index (χ0) is 16.3. The molecule has 133 valence electrons. The summed E-state index contributed by atoms with van der Waals surface area (Å²) in [5, 5.41) is 0. The second-order valence-electron chi connectivity index (χ2n) is 6.88. The second kappa shape index (κ2) is 19.0. The monoisotopic (exact) mass is 311 g/mol. The van der Waals surface area contributed by atoms with E-state index in [1.165, 1.54) is 103 Å². The van der Waals surface area contributed by atoms with Crippen LogP contribution in [-0.4, -0.2) is 13.2 Å². The van der Waals surface area contributed by atoms with E-state index in [2.05, 4.69) is 13.8 Å². The molecule has 0 saturated carbocycles. The van der Waals surface area contributed by atoms with Crippen LogP contribution in [0.15, 0.2) is 0 Å². The van der Waals surface area contributed by atoms with Gasteiger partial charge in [0.2, 0.25) is 0 Å². The molecule has 0 rings (SSSR count). The zero-order valence-corrected chi connectivity index (χ0v) is 15.7. The molecule has 22 heavy (non-hydrogen) atoms. The number of hydrogen-bond donors (Lipinski definition) is 0. The Balaban J connectivity index is 3.02. The Morgan fingerprint density at radius 2 is 1.00 bits per heavy atom. The van der Waals surface area contributed by atoms with Crippen LogP contribution in [-0.2, 0) is 4.74 Å². The van der Waals surface area contributed by atoms with Crippen molar-refractivity contribution in [2.24, 2.45) is 0 Å². The summed E-state index contributed by atoms with van der Waals surface area (Å²) in [5.74, 6) is 0. The van der Waals surface area contributed by atoms with Crippen molar-refractivity contribution >= 4 is 0 Å². The Labute approximate surface area is 141 Å². The normalized spacial score (nSPS) is 12.7. The summed E-state index contributed by atoms with van der Waals surface area (Å²) < 4.78 is 5.36. The van der Waals surface area contributed by atoms with E-state index in [1.807, 2.05) is 0 Å². The molecule has 1 radical (unpaired) electrons. The molecule has 0 amide bonds. The van der Waals surface area contributed by atoms with Crippen molar-refractivity contribution in [3.05, 3.63) is 6.92 Å². The molecule has 0 saturated heterocycles. The fraction of sp³-hybridized carbons (Fsp3) is 0.952. The standard InChI is InChI=1S/C21H43O/c1-4-6-7-8-9-10-11-12-13-14-15-16-17-18-19-20-21(5-2)22-3/h21H,2,4-20H2,1,3H3. The first-order valence-corrected chi connectivity index (χ1v) is 10.2. The topological polar surface area (TPSA) is 9.23 Å². The lowest BCUT2D eigenvalue weighted by atomic mass is 10.0. The lowest BCUT2D eigenvalue weighted by Gasteiger charge is -2.11. The van der Waals surface area contributed by atoms with E-state index in [9.17, 15) is 0 Å². The lowest BCUT2D eigenvalue weighted by molar-refractivity contribution is 0.0947. The summed E-state index contributed by atoms with van der Waals surface area (Å²) in [6.45, 7) is 6.21. The van der Waals surface area contributed by atoms with Gasteiger partial charge in [-0.15, -0.1) is 0 Å². The third-order valence-electron chi connectivity index (χ3n) is 4.78. The molecule has 1 heteroatoms. The Bertz CT molecular complexity index is 186. The quantitative estimate of drug-likeness (QED) is 0.238. The molecule has 1 nitrogen and oxygen atoms in total. The average molecular weight is 312 g/mol. The van der Waals surface area contributed by atoms with Gasteiger partial charge in [0.15, 0.2) is 0 Å². The fourth-order valence-electron chi connectivity index (χ4n) is 3.12. The average Bonchev–Trinajstić information content (AvgIpc) is 2.55. The van der Waals surface area contributed by atoms with Gasteiger partial charge in [0.25, 0.3) is 0 Å². The van der Waals surface area contributed by atoms with Gasteiger partial charge < -0.3 is 4.74 Å². The molecule has 0 aliphatic rings. The van der Waals surface area contributed by atoms with Gasteiger partial charge in [-0.1, -0.05) is 110 Å². The molecule has 0 aliphatic carbocycles. The van der Waals surface area contributed by atoms with Crippen LogP contribution >= 0.6 is 0 Å². The third-order valence-corrected chi connectivity index (χ3v) is 4.78. The maximum absolute atomic E-state index is 5.36. The van der Waals surface area contributed by atoms with Crippen LogP contribution in [0.1, 0.15) is 116 Å². The number of hydrogen-bond acceptors (Lipinski definition) is 1. The van der Waals surface area contributed by atoms with Crippen LogP contribution in [0, 0.1) is 6.92 Å². The van der Waals surface area contributed by atoms with E-state index < -0.39 is 0 Å². The lowest BCUT2D eigenvalue weighted by Crippen LogP contribution is -2.08. The van der Waals surface area contributed by atoms with Crippen LogP contribution in [0.2, 0.25) is 0 Å². The first-order chi connectivity index (χ1) is 10.8. The minimum absolute atomic E-state index is 0.391. The highest BCUT2D eigenvalue weighted by atomic mass is 16.5. The van der Waals surface area contributed by atoms with Crippen molar-refractivity contribution < 1.29 is 4.74 Å². The largest absolute Gasteiger partial charge is 0.381 e. The highest BCUT2D eigenvalue weighted by Crippen LogP contribution is 2.14. The molecule has 0 bridgehead atoms. The molecule has 0 fully saturated rings. The summed E-state index contributed by atoms with van der Waals surface area (Å²) in [4.78, 5) is 0. The van der Waals surface area contributed by atoms with E-state index in [-0.39, 0.29) is 0 Å². The Kier molecular flexibility index (Phi) is 19.0. The van der Waals surface area contributed by atoms with Gasteiger partial charge in [-0.3, -0.25) is 0 Å². The van der Waals surface area contributed by atoms with E-state index >= 15 is 0 Å². The molecule has 0 N–H and O–H groups in total. The summed E-state index contributed by atoms with van der Waals surface area (Å²) >= 11 is 0. The predicted molar refractivity (Wildman–Crippen MR) is 100 cm³/mol. The van der Waals surface area contributed by atoms with Crippen molar-refractivity contribution in [3.8, 4) is 0 Å². The molecule has 0 aromatic heterocycles. The molecule has 0 aliphatic heterocycles. The van der Waals surface area contributed by atoms with Crippen LogP contribution in [0.25, 0.3) is 0 Å². The van der Waals surface area contributed by atoms with E-state index in [0.29, 0.717) is 6.10 Å². The van der Waals surface area contributed by atoms with Crippen LogP contribution < -0.4 is 0 Å². The summed E-state index contributed by atoms with van der Waals surface area (Å²) in [6.07, 6.45) is 24.0. The van der Waals surface area contributed by atoms with E-state index in [0.717, 1.165) is 6.42 Å². The van der Waals surface area contributed by atoms with Gasteiger partial charge in [0.1, 0.15) is 0 Å². The van der Waals surface area contributed by atoms with E-state index in [4.69, 9.17) is 4.74 Å². The molecule has 0 aromatic carbocycles. The number of ether oxygens (including phenoxy) is 1. The minimum Gasteiger partial charge on any atom is -0.381 e. The van der Waals surface area contributed by atoms with E-state index in [1.54, 1.807) is 7.11 Å². The second-order valence-corrected chi connectivity index (χ2v) is 6.88. The zero-order valence-electron chi connectivity index (χ0n) is 15.7. The Hall–Kier alpha value is -0.0400. The van der Waals surface area contributed by atoms with Gasteiger partial charge >= 0.3 is 0 Å². The predicted octanol–water partition coefficient (Wildman–Crippen LogP) is 7.49. The molecule has 0 spiro atoms. The Morgan fingerprint density at radius 1 is 0.636 bits per heavy atom. The van der Waals surface area contributed by atoms with Crippen LogP contribution in [0.5, 0.6) is 0 Å². The Morgan fingerprint density at radius 3 is 1.32 bits per heavy atom. The van der Waals surface area contributed by atoms with Crippen molar-refractivity contribution in [2.75, 3.05) is 7.11 Å². The summed E-state index contributed by atoms with van der Waals surface area (Å²) in [7, 11) is 1.81. The van der Waals surface area contributed by atoms with Crippen LogP contribution in [0.3, 0.4) is 0 Å². The maximum atomic E-state index is 5.36. The highest BCUT2D eigenvalue weighted by molar-refractivity contribution is 4.59. The van der Waals surface area contributed by atoms with Crippen molar-refractivity contribution in [1.29, 1.82) is 0 Å². The van der Waals surface area contributed by atoms with Gasteiger partial charge in [-0.05, 0) is 12.8 Å².